The van der Waals surface area contributed by atoms with Crippen molar-refractivity contribution in [3.8, 4) is 0 Å². The third-order valence-electron chi connectivity index (χ3n) is 4.81. The Balaban J connectivity index is 1.63. The van der Waals surface area contributed by atoms with Gasteiger partial charge in [-0.15, -0.1) is 0 Å². The number of morpholine rings is 1. The molecule has 0 saturated carbocycles. The summed E-state index contributed by atoms with van der Waals surface area (Å²) in [5.74, 6) is -1.78. The van der Waals surface area contributed by atoms with E-state index in [2.05, 4.69) is 20.9 Å². The molecule has 1 unspecified atom stereocenters. The molecule has 0 aliphatic carbocycles. The molecule has 1 saturated heterocycles. The normalized spacial score (nSPS) is 15.4. The molecule has 2 aromatic carbocycles. The van der Waals surface area contributed by atoms with Gasteiger partial charge >= 0.3 is 11.8 Å². The molecule has 29 heavy (non-hydrogen) atoms. The smallest absolute Gasteiger partial charge is 0.313 e. The summed E-state index contributed by atoms with van der Waals surface area (Å²) < 4.78 is 18.7. The Hall–Kier alpha value is -2.97. The second kappa shape index (κ2) is 9.99. The van der Waals surface area contributed by atoms with Gasteiger partial charge in [0.15, 0.2) is 0 Å². The number of rotatable bonds is 6. The summed E-state index contributed by atoms with van der Waals surface area (Å²) in [5.41, 5.74) is 2.22. The van der Waals surface area contributed by atoms with Crippen LogP contribution in [0.5, 0.6) is 0 Å². The largest absolute Gasteiger partial charge is 0.388 e. The molecular formula is C21H25FN4O3. The van der Waals surface area contributed by atoms with Crippen LogP contribution in [0, 0.1) is 5.82 Å². The SMILES string of the molecule is CNc1cccc(NC(=O)C(=O)NCC(c2ccc(F)cc2)N2CCOCC2)c1. The fourth-order valence-corrected chi connectivity index (χ4v) is 3.24. The highest BCUT2D eigenvalue weighted by molar-refractivity contribution is 6.39. The van der Waals surface area contributed by atoms with E-state index >= 15 is 0 Å². The highest BCUT2D eigenvalue weighted by Crippen LogP contribution is 2.22. The van der Waals surface area contributed by atoms with Crippen molar-refractivity contribution in [1.82, 2.24) is 10.2 Å². The van der Waals surface area contributed by atoms with Crippen LogP contribution in [-0.2, 0) is 14.3 Å². The maximum Gasteiger partial charge on any atom is 0.313 e. The van der Waals surface area contributed by atoms with E-state index in [1.165, 1.54) is 12.1 Å². The zero-order valence-electron chi connectivity index (χ0n) is 16.3. The minimum Gasteiger partial charge on any atom is -0.388 e. The highest BCUT2D eigenvalue weighted by Gasteiger charge is 2.24. The lowest BCUT2D eigenvalue weighted by atomic mass is 10.0. The lowest BCUT2D eigenvalue weighted by Crippen LogP contribution is -2.45. The molecular weight excluding hydrogens is 375 g/mol. The average molecular weight is 400 g/mol. The number of carbonyl (C=O) groups excluding carboxylic acids is 2. The standard InChI is InChI=1S/C21H25FN4O3/c1-23-17-3-2-4-18(13-17)25-21(28)20(27)24-14-19(26-9-11-29-12-10-26)15-5-7-16(22)8-6-15/h2-8,13,19,23H,9-12,14H2,1H3,(H,24,27)(H,25,28). The van der Waals surface area contributed by atoms with Crippen LogP contribution in [0.2, 0.25) is 0 Å². The van der Waals surface area contributed by atoms with E-state index < -0.39 is 11.8 Å². The van der Waals surface area contributed by atoms with Crippen molar-refractivity contribution in [3.63, 3.8) is 0 Å². The molecule has 0 bridgehead atoms. The number of halogens is 1. The van der Waals surface area contributed by atoms with E-state index in [-0.39, 0.29) is 18.4 Å². The number of benzene rings is 2. The minimum absolute atomic E-state index is 0.177. The first-order valence-corrected chi connectivity index (χ1v) is 9.51. The Morgan fingerprint density at radius 1 is 1.07 bits per heavy atom. The lowest BCUT2D eigenvalue weighted by molar-refractivity contribution is -0.136. The van der Waals surface area contributed by atoms with Crippen molar-refractivity contribution >= 4 is 23.2 Å². The van der Waals surface area contributed by atoms with Crippen molar-refractivity contribution in [1.29, 1.82) is 0 Å². The number of hydrogen-bond acceptors (Lipinski definition) is 5. The lowest BCUT2D eigenvalue weighted by Gasteiger charge is -2.34. The predicted octanol–water partition coefficient (Wildman–Crippen LogP) is 2.00. The first kappa shape index (κ1) is 20.8. The van der Waals surface area contributed by atoms with Crippen LogP contribution in [0.1, 0.15) is 11.6 Å². The average Bonchev–Trinajstić information content (AvgIpc) is 2.75. The molecule has 3 N–H and O–H groups in total. The molecule has 2 amide bonds. The number of ether oxygens (including phenoxy) is 1. The van der Waals surface area contributed by atoms with E-state index in [1.807, 2.05) is 6.07 Å². The molecule has 0 aromatic heterocycles. The topological polar surface area (TPSA) is 82.7 Å². The van der Waals surface area contributed by atoms with E-state index in [9.17, 15) is 14.0 Å². The van der Waals surface area contributed by atoms with Gasteiger partial charge in [0.1, 0.15) is 5.82 Å². The van der Waals surface area contributed by atoms with Crippen molar-refractivity contribution in [2.45, 2.75) is 6.04 Å². The first-order valence-electron chi connectivity index (χ1n) is 9.51. The number of nitrogens with one attached hydrogen (secondary N) is 3. The molecule has 0 spiro atoms. The molecule has 154 valence electrons. The number of anilines is 2. The molecule has 1 aliphatic rings. The van der Waals surface area contributed by atoms with Gasteiger partial charge in [0.2, 0.25) is 0 Å². The van der Waals surface area contributed by atoms with Gasteiger partial charge in [-0.2, -0.15) is 0 Å². The van der Waals surface area contributed by atoms with Crippen molar-refractivity contribution in [2.75, 3.05) is 50.5 Å². The zero-order valence-corrected chi connectivity index (χ0v) is 16.3. The number of hydrogen-bond donors (Lipinski definition) is 3. The zero-order chi connectivity index (χ0) is 20.6. The number of amides is 2. The summed E-state index contributed by atoms with van der Waals surface area (Å²) in [6.45, 7) is 2.80. The molecule has 0 radical (unpaired) electrons. The third kappa shape index (κ3) is 5.75. The Kier molecular flexibility index (Phi) is 7.15. The van der Waals surface area contributed by atoms with Crippen molar-refractivity contribution < 1.29 is 18.7 Å². The fraction of sp³-hybridized carbons (Fsp3) is 0.333. The quantitative estimate of drug-likeness (QED) is 0.646. The van der Waals surface area contributed by atoms with Gasteiger partial charge in [0, 0.05) is 38.1 Å². The maximum absolute atomic E-state index is 13.3. The Morgan fingerprint density at radius 2 is 1.76 bits per heavy atom. The summed E-state index contributed by atoms with van der Waals surface area (Å²) >= 11 is 0. The molecule has 1 atom stereocenters. The fourth-order valence-electron chi connectivity index (χ4n) is 3.24. The molecule has 1 aliphatic heterocycles. The Bertz CT molecular complexity index is 838. The van der Waals surface area contributed by atoms with Crippen LogP contribution in [0.4, 0.5) is 15.8 Å². The Labute approximate surface area is 169 Å². The van der Waals surface area contributed by atoms with E-state index in [4.69, 9.17) is 4.74 Å². The van der Waals surface area contributed by atoms with Gasteiger partial charge in [-0.1, -0.05) is 18.2 Å². The van der Waals surface area contributed by atoms with Crippen LogP contribution in [0.15, 0.2) is 48.5 Å². The van der Waals surface area contributed by atoms with Crippen molar-refractivity contribution in [3.05, 3.63) is 59.9 Å². The van der Waals surface area contributed by atoms with Crippen LogP contribution < -0.4 is 16.0 Å². The summed E-state index contributed by atoms with van der Waals surface area (Å²) in [4.78, 5) is 26.7. The van der Waals surface area contributed by atoms with Crippen LogP contribution in [-0.4, -0.2) is 56.6 Å². The number of carbonyl (C=O) groups is 2. The molecule has 3 rings (SSSR count). The highest BCUT2D eigenvalue weighted by atomic mass is 19.1. The minimum atomic E-state index is -0.738. The summed E-state index contributed by atoms with van der Waals surface area (Å²) in [5, 5.41) is 8.27. The molecule has 1 fully saturated rings. The van der Waals surface area contributed by atoms with Gasteiger partial charge in [0.05, 0.1) is 19.3 Å². The van der Waals surface area contributed by atoms with Gasteiger partial charge in [-0.25, -0.2) is 4.39 Å². The third-order valence-corrected chi connectivity index (χ3v) is 4.81. The molecule has 7 nitrogen and oxygen atoms in total. The second-order valence-corrected chi connectivity index (χ2v) is 6.71. The summed E-state index contributed by atoms with van der Waals surface area (Å²) in [6.07, 6.45) is 0. The predicted molar refractivity (Wildman–Crippen MR) is 109 cm³/mol. The van der Waals surface area contributed by atoms with Crippen molar-refractivity contribution in [2.24, 2.45) is 0 Å². The molecule has 2 aromatic rings. The maximum atomic E-state index is 13.3. The summed E-state index contributed by atoms with van der Waals surface area (Å²) in [6, 6.07) is 13.1. The monoisotopic (exact) mass is 400 g/mol. The number of nitrogens with zero attached hydrogens (tertiary/aromatic N) is 1. The Morgan fingerprint density at radius 3 is 2.45 bits per heavy atom. The molecule has 8 heteroatoms. The van der Waals surface area contributed by atoms with Crippen LogP contribution in [0.3, 0.4) is 0 Å². The van der Waals surface area contributed by atoms with E-state index in [0.29, 0.717) is 32.0 Å². The van der Waals surface area contributed by atoms with Gasteiger partial charge in [0.25, 0.3) is 0 Å². The first-order chi connectivity index (χ1) is 14.1. The molecule has 1 heterocycles. The second-order valence-electron chi connectivity index (χ2n) is 6.71. The van der Waals surface area contributed by atoms with Gasteiger partial charge in [-0.3, -0.25) is 14.5 Å². The summed E-state index contributed by atoms with van der Waals surface area (Å²) in [7, 11) is 1.77. The van der Waals surface area contributed by atoms with Crippen LogP contribution >= 0.6 is 0 Å². The van der Waals surface area contributed by atoms with E-state index in [1.54, 1.807) is 37.4 Å². The van der Waals surface area contributed by atoms with Crippen LogP contribution in [0.25, 0.3) is 0 Å². The van der Waals surface area contributed by atoms with E-state index in [0.717, 1.165) is 11.3 Å². The van der Waals surface area contributed by atoms with Gasteiger partial charge < -0.3 is 20.7 Å². The van der Waals surface area contributed by atoms with Gasteiger partial charge in [-0.05, 0) is 35.9 Å².